The Morgan fingerprint density at radius 1 is 1.06 bits per heavy atom. The summed E-state index contributed by atoms with van der Waals surface area (Å²) >= 11 is 1.16. The summed E-state index contributed by atoms with van der Waals surface area (Å²) in [6, 6.07) is 15.4. The van der Waals surface area contributed by atoms with Gasteiger partial charge in [0.1, 0.15) is 11.4 Å². The molecule has 2 aromatic heterocycles. The van der Waals surface area contributed by atoms with Gasteiger partial charge in [-0.2, -0.15) is 14.6 Å². The van der Waals surface area contributed by atoms with Gasteiger partial charge in [-0.05, 0) is 42.7 Å². The molecule has 0 fully saturated rings. The Kier molecular flexibility index (Phi) is 6.23. The highest BCUT2D eigenvalue weighted by Gasteiger charge is 2.11. The SMILES string of the molecule is CCCCOc1ccc(/C=c2/sc3nc(=O)c(Cc4ccc(C)cc4)nn3c2=O)cc1. The van der Waals surface area contributed by atoms with Crippen LogP contribution in [-0.2, 0) is 6.42 Å². The normalized spacial score (nSPS) is 11.9. The maximum absolute atomic E-state index is 12.8. The molecular weight excluding hydrogens is 410 g/mol. The van der Waals surface area contributed by atoms with Gasteiger partial charge >= 0.3 is 0 Å². The highest BCUT2D eigenvalue weighted by atomic mass is 32.1. The number of aromatic nitrogens is 3. The van der Waals surface area contributed by atoms with Crippen molar-refractivity contribution < 1.29 is 4.74 Å². The van der Waals surface area contributed by atoms with Crippen molar-refractivity contribution in [3.63, 3.8) is 0 Å². The van der Waals surface area contributed by atoms with E-state index in [9.17, 15) is 9.59 Å². The lowest BCUT2D eigenvalue weighted by Crippen LogP contribution is -2.28. The predicted octanol–water partition coefficient (Wildman–Crippen LogP) is 3.14. The quantitative estimate of drug-likeness (QED) is 0.419. The van der Waals surface area contributed by atoms with Crippen LogP contribution in [0.3, 0.4) is 0 Å². The lowest BCUT2D eigenvalue weighted by Gasteiger charge is -2.04. The molecule has 4 aromatic rings. The molecule has 6 nitrogen and oxygen atoms in total. The zero-order valence-electron chi connectivity index (χ0n) is 17.5. The van der Waals surface area contributed by atoms with Gasteiger partial charge in [0.2, 0.25) is 4.96 Å². The molecule has 0 aliphatic rings. The van der Waals surface area contributed by atoms with Crippen LogP contribution in [0.5, 0.6) is 5.75 Å². The average Bonchev–Trinajstić information content (AvgIpc) is 3.06. The van der Waals surface area contributed by atoms with Crippen LogP contribution in [0.2, 0.25) is 0 Å². The third-order valence-corrected chi connectivity index (χ3v) is 5.85. The van der Waals surface area contributed by atoms with Crippen LogP contribution in [0.4, 0.5) is 0 Å². The molecule has 2 heterocycles. The molecule has 0 spiro atoms. The minimum Gasteiger partial charge on any atom is -0.494 e. The zero-order valence-corrected chi connectivity index (χ0v) is 18.3. The van der Waals surface area contributed by atoms with E-state index < -0.39 is 5.56 Å². The maximum atomic E-state index is 12.8. The molecule has 158 valence electrons. The first-order chi connectivity index (χ1) is 15.0. The molecule has 0 aliphatic carbocycles. The van der Waals surface area contributed by atoms with Crippen LogP contribution in [-0.4, -0.2) is 21.2 Å². The third-order valence-electron chi connectivity index (χ3n) is 4.89. The van der Waals surface area contributed by atoms with Crippen molar-refractivity contribution in [2.45, 2.75) is 33.1 Å². The fourth-order valence-electron chi connectivity index (χ4n) is 3.10. The van der Waals surface area contributed by atoms with Gasteiger partial charge in [-0.25, -0.2) is 0 Å². The average molecular weight is 434 g/mol. The molecule has 2 aromatic carbocycles. The highest BCUT2D eigenvalue weighted by Crippen LogP contribution is 2.13. The molecular formula is C24H23N3O3S. The first-order valence-corrected chi connectivity index (χ1v) is 11.1. The summed E-state index contributed by atoms with van der Waals surface area (Å²) < 4.78 is 7.38. The second-order valence-electron chi connectivity index (χ2n) is 7.41. The van der Waals surface area contributed by atoms with E-state index in [2.05, 4.69) is 17.0 Å². The van der Waals surface area contributed by atoms with Crippen molar-refractivity contribution in [3.05, 3.63) is 96.2 Å². The van der Waals surface area contributed by atoms with Crippen molar-refractivity contribution in [2.24, 2.45) is 0 Å². The number of aryl methyl sites for hydroxylation is 1. The number of rotatable bonds is 7. The predicted molar refractivity (Wildman–Crippen MR) is 123 cm³/mol. The van der Waals surface area contributed by atoms with E-state index in [0.29, 0.717) is 22.5 Å². The zero-order chi connectivity index (χ0) is 21.8. The molecule has 0 amide bonds. The van der Waals surface area contributed by atoms with Gasteiger partial charge in [0.25, 0.3) is 11.1 Å². The molecule has 0 aliphatic heterocycles. The van der Waals surface area contributed by atoms with Crippen molar-refractivity contribution in [1.29, 1.82) is 0 Å². The Balaban J connectivity index is 1.63. The summed E-state index contributed by atoms with van der Waals surface area (Å²) in [6.45, 7) is 4.82. The fraction of sp³-hybridized carbons (Fsp3) is 0.250. The molecule has 7 heteroatoms. The fourth-order valence-corrected chi connectivity index (χ4v) is 4.00. The molecule has 0 saturated carbocycles. The number of benzene rings is 2. The lowest BCUT2D eigenvalue weighted by molar-refractivity contribution is 0.309. The van der Waals surface area contributed by atoms with Crippen LogP contribution in [0.25, 0.3) is 11.0 Å². The molecule has 0 saturated heterocycles. The van der Waals surface area contributed by atoms with Crippen molar-refractivity contribution in [2.75, 3.05) is 6.61 Å². The monoisotopic (exact) mass is 433 g/mol. The molecule has 0 N–H and O–H groups in total. The van der Waals surface area contributed by atoms with E-state index in [1.54, 1.807) is 6.08 Å². The third kappa shape index (κ3) is 4.88. The standard InChI is InChI=1S/C24H23N3O3S/c1-3-4-13-30-19-11-9-18(10-12-19)15-21-23(29)27-24(31-21)25-22(28)20(26-27)14-17-7-5-16(2)6-8-17/h5-12,15H,3-4,13-14H2,1-2H3/b21-15+. The van der Waals surface area contributed by atoms with E-state index in [0.717, 1.165) is 46.6 Å². The lowest BCUT2D eigenvalue weighted by atomic mass is 10.1. The summed E-state index contributed by atoms with van der Waals surface area (Å²) in [6.07, 6.45) is 4.22. The van der Waals surface area contributed by atoms with E-state index in [1.807, 2.05) is 55.5 Å². The summed E-state index contributed by atoms with van der Waals surface area (Å²) in [4.78, 5) is 29.7. The van der Waals surface area contributed by atoms with Crippen LogP contribution < -0.4 is 20.4 Å². The number of hydrogen-bond donors (Lipinski definition) is 0. The number of thiazole rings is 1. The smallest absolute Gasteiger partial charge is 0.296 e. The van der Waals surface area contributed by atoms with Gasteiger partial charge in [-0.1, -0.05) is 66.6 Å². The van der Waals surface area contributed by atoms with E-state index in [-0.39, 0.29) is 11.3 Å². The molecule has 31 heavy (non-hydrogen) atoms. The molecule has 0 atom stereocenters. The first kappa shape index (κ1) is 20.9. The van der Waals surface area contributed by atoms with Crippen LogP contribution in [0.1, 0.15) is 42.1 Å². The first-order valence-electron chi connectivity index (χ1n) is 10.3. The Morgan fingerprint density at radius 2 is 1.81 bits per heavy atom. The van der Waals surface area contributed by atoms with E-state index in [1.165, 1.54) is 4.52 Å². The Hall–Kier alpha value is -3.32. The second kappa shape index (κ2) is 9.22. The largest absolute Gasteiger partial charge is 0.494 e. The summed E-state index contributed by atoms with van der Waals surface area (Å²) in [7, 11) is 0. The van der Waals surface area contributed by atoms with E-state index in [4.69, 9.17) is 4.74 Å². The van der Waals surface area contributed by atoms with Gasteiger partial charge < -0.3 is 4.74 Å². The van der Waals surface area contributed by atoms with Gasteiger partial charge in [0.05, 0.1) is 11.1 Å². The topological polar surface area (TPSA) is 73.6 Å². The van der Waals surface area contributed by atoms with E-state index >= 15 is 0 Å². The van der Waals surface area contributed by atoms with Crippen molar-refractivity contribution in [3.8, 4) is 5.75 Å². The number of ether oxygens (including phenoxy) is 1. The Morgan fingerprint density at radius 3 is 2.52 bits per heavy atom. The Bertz CT molecular complexity index is 1360. The van der Waals surface area contributed by atoms with Crippen LogP contribution in [0.15, 0.2) is 58.1 Å². The molecule has 0 bridgehead atoms. The van der Waals surface area contributed by atoms with Crippen molar-refractivity contribution in [1.82, 2.24) is 14.6 Å². The van der Waals surface area contributed by atoms with Crippen LogP contribution >= 0.6 is 11.3 Å². The number of nitrogens with zero attached hydrogens (tertiary/aromatic N) is 3. The number of fused-ring (bicyclic) bond motifs is 1. The van der Waals surface area contributed by atoms with Gasteiger partial charge in [0, 0.05) is 6.42 Å². The Labute approximate surface area is 183 Å². The summed E-state index contributed by atoms with van der Waals surface area (Å²) in [5, 5.41) is 4.31. The van der Waals surface area contributed by atoms with Crippen LogP contribution in [0, 0.1) is 6.92 Å². The molecule has 0 radical (unpaired) electrons. The minimum absolute atomic E-state index is 0.261. The van der Waals surface area contributed by atoms with Gasteiger partial charge in [-0.3, -0.25) is 9.59 Å². The van der Waals surface area contributed by atoms with Gasteiger partial charge in [-0.15, -0.1) is 0 Å². The molecule has 4 rings (SSSR count). The number of unbranched alkanes of at least 4 members (excludes halogenated alkanes) is 1. The summed E-state index contributed by atoms with van der Waals surface area (Å²) in [5.74, 6) is 0.804. The number of hydrogen-bond acceptors (Lipinski definition) is 6. The van der Waals surface area contributed by atoms with Gasteiger partial charge in [0.15, 0.2) is 0 Å². The summed E-state index contributed by atoms with van der Waals surface area (Å²) in [5.41, 5.74) is 2.55. The van der Waals surface area contributed by atoms with Crippen molar-refractivity contribution >= 4 is 22.4 Å². The minimum atomic E-state index is -0.401. The molecule has 0 unspecified atom stereocenters. The second-order valence-corrected chi connectivity index (χ2v) is 8.42. The maximum Gasteiger partial charge on any atom is 0.296 e. The highest BCUT2D eigenvalue weighted by molar-refractivity contribution is 7.15.